The second kappa shape index (κ2) is 7.46. The number of hydrogen-bond donors (Lipinski definition) is 1. The van der Waals surface area contributed by atoms with Gasteiger partial charge in [-0.25, -0.2) is 8.78 Å². The highest BCUT2D eigenvalue weighted by atomic mass is 19.4. The Balaban J connectivity index is 1.87. The minimum absolute atomic E-state index is 0.165. The van der Waals surface area contributed by atoms with Gasteiger partial charge in [-0.2, -0.15) is 13.2 Å². The number of nitrogens with zero attached hydrogens (tertiary/aromatic N) is 2. The van der Waals surface area contributed by atoms with Gasteiger partial charge in [-0.15, -0.1) is 0 Å². The van der Waals surface area contributed by atoms with Crippen LogP contribution in [0.4, 0.5) is 22.0 Å². The Labute approximate surface area is 151 Å². The van der Waals surface area contributed by atoms with Gasteiger partial charge < -0.3 is 5.11 Å². The molecule has 1 aromatic carbocycles. The molecule has 0 saturated carbocycles. The molecule has 0 fully saturated rings. The zero-order valence-electron chi connectivity index (χ0n) is 13.9. The number of alkyl halides is 3. The average molecular weight is 382 g/mol. The van der Waals surface area contributed by atoms with Crippen molar-refractivity contribution in [2.45, 2.75) is 25.1 Å². The lowest BCUT2D eigenvalue weighted by molar-refractivity contribution is -0.0864. The van der Waals surface area contributed by atoms with Crippen LogP contribution in [0.5, 0.6) is 5.75 Å². The summed E-state index contributed by atoms with van der Waals surface area (Å²) in [5.41, 5.74) is -0.264. The third-order valence-electron chi connectivity index (χ3n) is 4.35. The van der Waals surface area contributed by atoms with E-state index in [1.807, 2.05) is 0 Å². The number of dihydropyridines is 1. The average Bonchev–Trinajstić information content (AvgIpc) is 2.62. The number of pyridine rings is 1. The maximum atomic E-state index is 13.4. The summed E-state index contributed by atoms with van der Waals surface area (Å²) in [5, 5.41) is 9.99. The Morgan fingerprint density at radius 3 is 2.52 bits per heavy atom. The van der Waals surface area contributed by atoms with Crippen LogP contribution < -0.4 is 0 Å². The molecule has 142 valence electrons. The van der Waals surface area contributed by atoms with Gasteiger partial charge in [0.2, 0.25) is 0 Å². The first-order chi connectivity index (χ1) is 12.8. The van der Waals surface area contributed by atoms with Gasteiger partial charge in [0, 0.05) is 18.3 Å². The Morgan fingerprint density at radius 2 is 1.85 bits per heavy atom. The molecule has 27 heavy (non-hydrogen) atoms. The molecule has 2 aromatic rings. The molecule has 0 bridgehead atoms. The van der Waals surface area contributed by atoms with Gasteiger partial charge in [-0.3, -0.25) is 9.98 Å². The summed E-state index contributed by atoms with van der Waals surface area (Å²) >= 11 is 0. The minimum Gasteiger partial charge on any atom is -0.506 e. The maximum Gasteiger partial charge on any atom is 0.417 e. The first-order valence-corrected chi connectivity index (χ1v) is 8.15. The molecule has 0 radical (unpaired) electrons. The van der Waals surface area contributed by atoms with Crippen LogP contribution >= 0.6 is 0 Å². The number of aromatic nitrogens is 1. The van der Waals surface area contributed by atoms with Crippen molar-refractivity contribution in [3.05, 3.63) is 71.1 Å². The van der Waals surface area contributed by atoms with Gasteiger partial charge in [0.05, 0.1) is 5.57 Å². The summed E-state index contributed by atoms with van der Waals surface area (Å²) in [5.74, 6) is -2.89. The molecule has 0 aliphatic carbocycles. The van der Waals surface area contributed by atoms with E-state index in [1.165, 1.54) is 24.4 Å². The predicted octanol–water partition coefficient (Wildman–Crippen LogP) is 4.93. The second-order valence-corrected chi connectivity index (χ2v) is 6.20. The highest BCUT2D eigenvalue weighted by molar-refractivity contribution is 5.81. The van der Waals surface area contributed by atoms with Gasteiger partial charge in [0.15, 0.2) is 11.6 Å². The third-order valence-corrected chi connectivity index (χ3v) is 4.35. The van der Waals surface area contributed by atoms with Crippen molar-refractivity contribution >= 4 is 6.21 Å². The molecule has 8 heteroatoms. The summed E-state index contributed by atoms with van der Waals surface area (Å²) in [6, 6.07) is 5.45. The molecule has 2 heterocycles. The van der Waals surface area contributed by atoms with E-state index in [1.54, 1.807) is 0 Å². The number of aryl methyl sites for hydroxylation is 1. The van der Waals surface area contributed by atoms with Gasteiger partial charge >= 0.3 is 6.18 Å². The number of allylic oxidation sites excluding steroid dienone is 1. The second-order valence-electron chi connectivity index (χ2n) is 6.20. The van der Waals surface area contributed by atoms with Gasteiger partial charge in [0.25, 0.3) is 0 Å². The number of halogens is 5. The number of benzene rings is 1. The Bertz CT molecular complexity index is 892. The van der Waals surface area contributed by atoms with E-state index in [0.29, 0.717) is 5.56 Å². The van der Waals surface area contributed by atoms with E-state index in [2.05, 4.69) is 9.98 Å². The summed E-state index contributed by atoms with van der Waals surface area (Å²) in [6.45, 7) is 0. The minimum atomic E-state index is -4.55. The quantitative estimate of drug-likeness (QED) is 0.763. The number of rotatable bonds is 4. The zero-order chi connectivity index (χ0) is 19.6. The Hall–Kier alpha value is -2.77. The molecule has 1 aliphatic heterocycles. The normalized spacial score (nSPS) is 19.8. The lowest BCUT2D eigenvalue weighted by Crippen LogP contribution is -2.22. The van der Waals surface area contributed by atoms with Crippen LogP contribution in [0.25, 0.3) is 0 Å². The van der Waals surface area contributed by atoms with Crippen molar-refractivity contribution in [2.24, 2.45) is 10.9 Å². The van der Waals surface area contributed by atoms with Crippen LogP contribution in [-0.2, 0) is 6.42 Å². The lowest BCUT2D eigenvalue weighted by atomic mass is 9.86. The molecular formula is C19H15F5N2O. The van der Waals surface area contributed by atoms with Crippen LogP contribution in [0, 0.1) is 17.6 Å². The van der Waals surface area contributed by atoms with E-state index in [0.717, 1.165) is 24.4 Å². The van der Waals surface area contributed by atoms with Crippen molar-refractivity contribution < 1.29 is 27.1 Å². The molecule has 1 aliphatic rings. The number of aliphatic imine (C=N–C) groups is 1. The fraction of sp³-hybridized carbons (Fsp3) is 0.263. The fourth-order valence-corrected chi connectivity index (χ4v) is 2.98. The predicted molar refractivity (Wildman–Crippen MR) is 89.4 cm³/mol. The third kappa shape index (κ3) is 4.32. The first-order valence-electron chi connectivity index (χ1n) is 8.15. The molecule has 1 N–H and O–H groups in total. The first kappa shape index (κ1) is 19.0. The summed E-state index contributed by atoms with van der Waals surface area (Å²) in [4.78, 5) is 8.00. The molecule has 0 saturated heterocycles. The number of aromatic hydroxyl groups is 1. The molecule has 0 spiro atoms. The number of hydrogen-bond acceptors (Lipinski definition) is 3. The maximum absolute atomic E-state index is 13.4. The van der Waals surface area contributed by atoms with Crippen molar-refractivity contribution in [3.63, 3.8) is 0 Å². The van der Waals surface area contributed by atoms with E-state index in [-0.39, 0.29) is 24.3 Å². The molecule has 2 unspecified atom stereocenters. The molecule has 2 atom stereocenters. The summed E-state index contributed by atoms with van der Waals surface area (Å²) in [6.07, 6.45) is -0.967. The smallest absolute Gasteiger partial charge is 0.417 e. The van der Waals surface area contributed by atoms with Gasteiger partial charge in [-0.05, 0) is 42.7 Å². The molecule has 0 amide bonds. The summed E-state index contributed by atoms with van der Waals surface area (Å²) in [7, 11) is 0. The molecule has 1 aromatic heterocycles. The monoisotopic (exact) mass is 382 g/mol. The van der Waals surface area contributed by atoms with Gasteiger partial charge in [-0.1, -0.05) is 12.1 Å². The summed E-state index contributed by atoms with van der Waals surface area (Å²) < 4.78 is 65.6. The van der Waals surface area contributed by atoms with Crippen molar-refractivity contribution in [3.8, 4) is 5.75 Å². The lowest BCUT2D eigenvalue weighted by Gasteiger charge is -2.26. The topological polar surface area (TPSA) is 45.5 Å². The Kier molecular flexibility index (Phi) is 5.25. The SMILES string of the molecule is Oc1cccnc1C1N=CC(C(F)(F)F)=CC1CCc1ccc(F)c(F)c1. The van der Waals surface area contributed by atoms with Crippen LogP contribution in [0.1, 0.15) is 23.7 Å². The van der Waals surface area contributed by atoms with Crippen molar-refractivity contribution in [2.75, 3.05) is 0 Å². The van der Waals surface area contributed by atoms with E-state index in [9.17, 15) is 27.1 Å². The van der Waals surface area contributed by atoms with Crippen LogP contribution in [0.3, 0.4) is 0 Å². The Morgan fingerprint density at radius 1 is 1.07 bits per heavy atom. The zero-order valence-corrected chi connectivity index (χ0v) is 13.9. The van der Waals surface area contributed by atoms with Crippen molar-refractivity contribution in [1.82, 2.24) is 4.98 Å². The molecule has 3 rings (SSSR count). The van der Waals surface area contributed by atoms with Crippen LogP contribution in [0.15, 0.2) is 53.2 Å². The standard InChI is InChI=1S/C19H15F5N2O/c20-14-6-4-11(8-15(14)21)3-5-12-9-13(19(22,23)24)10-26-17(12)18-16(27)2-1-7-25-18/h1-2,4,6-10,12,17,27H,3,5H2. The molecule has 3 nitrogen and oxygen atoms in total. The van der Waals surface area contributed by atoms with E-state index >= 15 is 0 Å². The fourth-order valence-electron chi connectivity index (χ4n) is 2.98. The molecular weight excluding hydrogens is 367 g/mol. The van der Waals surface area contributed by atoms with Crippen LogP contribution in [0.2, 0.25) is 0 Å². The van der Waals surface area contributed by atoms with Crippen molar-refractivity contribution in [1.29, 1.82) is 0 Å². The van der Waals surface area contributed by atoms with Crippen LogP contribution in [-0.4, -0.2) is 22.5 Å². The largest absolute Gasteiger partial charge is 0.506 e. The highest BCUT2D eigenvalue weighted by Crippen LogP contribution is 2.39. The highest BCUT2D eigenvalue weighted by Gasteiger charge is 2.37. The van der Waals surface area contributed by atoms with Gasteiger partial charge in [0.1, 0.15) is 17.5 Å². The van der Waals surface area contributed by atoms with E-state index < -0.39 is 35.3 Å². The van der Waals surface area contributed by atoms with E-state index in [4.69, 9.17) is 0 Å².